The summed E-state index contributed by atoms with van der Waals surface area (Å²) in [6, 6.07) is 0. The first-order valence-corrected chi connectivity index (χ1v) is 5.94. The number of esters is 1. The third kappa shape index (κ3) is 3.00. The molecule has 0 aromatic heterocycles. The van der Waals surface area contributed by atoms with Gasteiger partial charge in [0.15, 0.2) is 0 Å². The molecule has 0 N–H and O–H groups in total. The Morgan fingerprint density at radius 3 is 2.43 bits per heavy atom. The van der Waals surface area contributed by atoms with Crippen molar-refractivity contribution in [3.63, 3.8) is 0 Å². The van der Waals surface area contributed by atoms with Crippen molar-refractivity contribution in [2.45, 2.75) is 70.8 Å². The number of carbonyl (C=O) groups excluding carboxylic acids is 1. The van der Waals surface area contributed by atoms with E-state index in [1.807, 2.05) is 0 Å². The van der Waals surface area contributed by atoms with Crippen LogP contribution in [0.4, 0.5) is 0 Å². The molecule has 0 aliphatic heterocycles. The zero-order valence-corrected chi connectivity index (χ0v) is 9.47. The summed E-state index contributed by atoms with van der Waals surface area (Å²) in [6.45, 7) is 4.22. The lowest BCUT2D eigenvalue weighted by atomic mass is 9.99. The predicted molar refractivity (Wildman–Crippen MR) is 57.1 cm³/mol. The molecule has 1 saturated carbocycles. The minimum Gasteiger partial charge on any atom is -0.459 e. The SMILES string of the molecule is CCCCC(=O)OC1(CC)CCCC1. The summed E-state index contributed by atoms with van der Waals surface area (Å²) in [5, 5.41) is 0. The van der Waals surface area contributed by atoms with E-state index in [0.717, 1.165) is 32.1 Å². The first-order valence-electron chi connectivity index (χ1n) is 5.94. The smallest absolute Gasteiger partial charge is 0.306 e. The average Bonchev–Trinajstić information content (AvgIpc) is 2.64. The molecular weight excluding hydrogens is 176 g/mol. The zero-order valence-electron chi connectivity index (χ0n) is 9.47. The highest BCUT2D eigenvalue weighted by Crippen LogP contribution is 2.36. The molecule has 0 radical (unpaired) electrons. The molecule has 0 atom stereocenters. The van der Waals surface area contributed by atoms with Gasteiger partial charge in [-0.25, -0.2) is 0 Å². The Kier molecular flexibility index (Phi) is 4.43. The van der Waals surface area contributed by atoms with Crippen LogP contribution in [0.3, 0.4) is 0 Å². The molecule has 0 aromatic carbocycles. The number of rotatable bonds is 5. The van der Waals surface area contributed by atoms with Gasteiger partial charge in [0, 0.05) is 6.42 Å². The van der Waals surface area contributed by atoms with E-state index in [1.165, 1.54) is 12.8 Å². The predicted octanol–water partition coefficient (Wildman–Crippen LogP) is 3.44. The Morgan fingerprint density at radius 2 is 1.93 bits per heavy atom. The van der Waals surface area contributed by atoms with Crippen molar-refractivity contribution in [1.82, 2.24) is 0 Å². The second-order valence-electron chi connectivity index (χ2n) is 4.32. The van der Waals surface area contributed by atoms with E-state index >= 15 is 0 Å². The van der Waals surface area contributed by atoms with Gasteiger partial charge in [0.1, 0.15) is 5.60 Å². The summed E-state index contributed by atoms with van der Waals surface area (Å²) in [4.78, 5) is 11.5. The monoisotopic (exact) mass is 198 g/mol. The molecule has 0 amide bonds. The minimum atomic E-state index is -0.0924. The Labute approximate surface area is 87.0 Å². The molecule has 0 aromatic rings. The standard InChI is InChI=1S/C12H22O2/c1-3-5-8-11(13)14-12(4-2)9-6-7-10-12/h3-10H2,1-2H3. The molecule has 1 fully saturated rings. The largest absolute Gasteiger partial charge is 0.459 e. The van der Waals surface area contributed by atoms with Crippen LogP contribution in [0.1, 0.15) is 65.2 Å². The summed E-state index contributed by atoms with van der Waals surface area (Å²) in [5.74, 6) is 0.00981. The molecule has 0 spiro atoms. The lowest BCUT2D eigenvalue weighted by Gasteiger charge is -2.27. The summed E-state index contributed by atoms with van der Waals surface area (Å²) in [5.41, 5.74) is -0.0924. The summed E-state index contributed by atoms with van der Waals surface area (Å²) in [6.07, 6.45) is 8.17. The van der Waals surface area contributed by atoms with Crippen LogP contribution >= 0.6 is 0 Å². The van der Waals surface area contributed by atoms with Crippen LogP contribution in [0.5, 0.6) is 0 Å². The van der Waals surface area contributed by atoms with Gasteiger partial charge in [-0.3, -0.25) is 4.79 Å². The highest BCUT2D eigenvalue weighted by molar-refractivity contribution is 5.69. The Bertz CT molecular complexity index is 181. The van der Waals surface area contributed by atoms with Crippen LogP contribution in [-0.2, 0) is 9.53 Å². The third-order valence-corrected chi connectivity index (χ3v) is 3.22. The van der Waals surface area contributed by atoms with Crippen LogP contribution in [0.2, 0.25) is 0 Å². The molecule has 1 aliphatic carbocycles. The van der Waals surface area contributed by atoms with Crippen molar-refractivity contribution >= 4 is 5.97 Å². The van der Waals surface area contributed by atoms with Crippen LogP contribution in [0, 0.1) is 0 Å². The third-order valence-electron chi connectivity index (χ3n) is 3.22. The summed E-state index contributed by atoms with van der Waals surface area (Å²) in [7, 11) is 0. The Balaban J connectivity index is 2.36. The van der Waals surface area contributed by atoms with E-state index in [0.29, 0.717) is 6.42 Å². The average molecular weight is 198 g/mol. The minimum absolute atomic E-state index is 0.00981. The van der Waals surface area contributed by atoms with Gasteiger partial charge in [-0.05, 0) is 38.5 Å². The van der Waals surface area contributed by atoms with Crippen molar-refractivity contribution < 1.29 is 9.53 Å². The van der Waals surface area contributed by atoms with Crippen LogP contribution < -0.4 is 0 Å². The highest BCUT2D eigenvalue weighted by atomic mass is 16.6. The van der Waals surface area contributed by atoms with Crippen molar-refractivity contribution in [2.24, 2.45) is 0 Å². The van der Waals surface area contributed by atoms with E-state index in [2.05, 4.69) is 13.8 Å². The van der Waals surface area contributed by atoms with Crippen LogP contribution in [0.15, 0.2) is 0 Å². The zero-order chi connectivity index (χ0) is 10.4. The van der Waals surface area contributed by atoms with Gasteiger partial charge in [0.05, 0.1) is 0 Å². The fourth-order valence-electron chi connectivity index (χ4n) is 2.16. The van der Waals surface area contributed by atoms with Gasteiger partial charge in [0.2, 0.25) is 0 Å². The molecule has 1 aliphatic rings. The van der Waals surface area contributed by atoms with Crippen LogP contribution in [0.25, 0.3) is 0 Å². The number of hydrogen-bond acceptors (Lipinski definition) is 2. The second kappa shape index (κ2) is 5.38. The topological polar surface area (TPSA) is 26.3 Å². The molecule has 1 rings (SSSR count). The van der Waals surface area contributed by atoms with E-state index in [1.54, 1.807) is 0 Å². The van der Waals surface area contributed by atoms with E-state index in [4.69, 9.17) is 4.74 Å². The van der Waals surface area contributed by atoms with Gasteiger partial charge in [-0.1, -0.05) is 20.3 Å². The molecule has 14 heavy (non-hydrogen) atoms. The van der Waals surface area contributed by atoms with Gasteiger partial charge in [-0.2, -0.15) is 0 Å². The van der Waals surface area contributed by atoms with Gasteiger partial charge in [-0.15, -0.1) is 0 Å². The molecule has 2 nitrogen and oxygen atoms in total. The number of ether oxygens (including phenoxy) is 1. The summed E-state index contributed by atoms with van der Waals surface area (Å²) >= 11 is 0. The second-order valence-corrected chi connectivity index (χ2v) is 4.32. The maximum absolute atomic E-state index is 11.5. The van der Waals surface area contributed by atoms with Crippen molar-refractivity contribution in [3.8, 4) is 0 Å². The summed E-state index contributed by atoms with van der Waals surface area (Å²) < 4.78 is 5.61. The molecule has 0 bridgehead atoms. The highest BCUT2D eigenvalue weighted by Gasteiger charge is 2.35. The fourth-order valence-corrected chi connectivity index (χ4v) is 2.16. The fraction of sp³-hybridized carbons (Fsp3) is 0.917. The van der Waals surface area contributed by atoms with E-state index in [-0.39, 0.29) is 11.6 Å². The molecule has 2 heteroatoms. The maximum atomic E-state index is 11.5. The number of hydrogen-bond donors (Lipinski definition) is 0. The molecule has 0 heterocycles. The number of unbranched alkanes of at least 4 members (excludes halogenated alkanes) is 1. The molecular formula is C12H22O2. The first kappa shape index (κ1) is 11.5. The van der Waals surface area contributed by atoms with Crippen molar-refractivity contribution in [3.05, 3.63) is 0 Å². The molecule has 82 valence electrons. The van der Waals surface area contributed by atoms with Gasteiger partial charge >= 0.3 is 5.97 Å². The van der Waals surface area contributed by atoms with E-state index in [9.17, 15) is 4.79 Å². The normalized spacial score (nSPS) is 19.6. The molecule has 0 unspecified atom stereocenters. The Morgan fingerprint density at radius 1 is 1.29 bits per heavy atom. The van der Waals surface area contributed by atoms with Crippen LogP contribution in [-0.4, -0.2) is 11.6 Å². The Hall–Kier alpha value is -0.530. The van der Waals surface area contributed by atoms with Crippen molar-refractivity contribution in [2.75, 3.05) is 0 Å². The van der Waals surface area contributed by atoms with Gasteiger partial charge < -0.3 is 4.74 Å². The lowest BCUT2D eigenvalue weighted by Crippen LogP contribution is -2.31. The first-order chi connectivity index (χ1) is 6.72. The van der Waals surface area contributed by atoms with Gasteiger partial charge in [0.25, 0.3) is 0 Å². The van der Waals surface area contributed by atoms with E-state index < -0.39 is 0 Å². The quantitative estimate of drug-likeness (QED) is 0.632. The molecule has 0 saturated heterocycles. The maximum Gasteiger partial charge on any atom is 0.306 e. The number of carbonyl (C=O) groups is 1. The lowest BCUT2D eigenvalue weighted by molar-refractivity contribution is -0.159. The van der Waals surface area contributed by atoms with Crippen molar-refractivity contribution in [1.29, 1.82) is 0 Å².